The van der Waals surface area contributed by atoms with Gasteiger partial charge >= 0.3 is 0 Å². The number of aliphatic hydroxyl groups is 1. The minimum Gasteiger partial charge on any atom is -0.491 e. The minimum absolute atomic E-state index is 0.335. The van der Waals surface area contributed by atoms with Crippen LogP contribution in [0.4, 0.5) is 0 Å². The predicted octanol–water partition coefficient (Wildman–Crippen LogP) is 3.04. The molecule has 0 bridgehead atoms. The van der Waals surface area contributed by atoms with Gasteiger partial charge in [0.05, 0.1) is 6.10 Å². The summed E-state index contributed by atoms with van der Waals surface area (Å²) in [5, 5.41) is 11.9. The first-order valence-corrected chi connectivity index (χ1v) is 6.52. The van der Waals surface area contributed by atoms with Crippen molar-refractivity contribution in [1.82, 2.24) is 0 Å². The van der Waals surface area contributed by atoms with Crippen LogP contribution in [0.5, 0.6) is 5.75 Å². The van der Waals surface area contributed by atoms with Crippen LogP contribution >= 0.6 is 11.3 Å². The molecule has 1 aromatic heterocycles. The van der Waals surface area contributed by atoms with Gasteiger partial charge in [-0.1, -0.05) is 18.2 Å². The lowest BCUT2D eigenvalue weighted by atomic mass is 10.2. The largest absolute Gasteiger partial charge is 0.491 e. The topological polar surface area (TPSA) is 29.5 Å². The van der Waals surface area contributed by atoms with Crippen LogP contribution in [0.25, 0.3) is 0 Å². The summed E-state index contributed by atoms with van der Waals surface area (Å²) in [6.07, 6.45) is 0.206. The molecular weight excluding hydrogens is 232 g/mol. The van der Waals surface area contributed by atoms with Crippen LogP contribution < -0.4 is 4.74 Å². The quantitative estimate of drug-likeness (QED) is 0.881. The molecule has 2 nitrogen and oxygen atoms in total. The monoisotopic (exact) mass is 248 g/mol. The van der Waals surface area contributed by atoms with Gasteiger partial charge in [0, 0.05) is 11.3 Å². The molecule has 0 amide bonds. The van der Waals surface area contributed by atoms with Crippen LogP contribution in [0.1, 0.15) is 10.4 Å². The summed E-state index contributed by atoms with van der Waals surface area (Å²) in [7, 11) is 0. The Morgan fingerprint density at radius 1 is 1.29 bits per heavy atom. The standard InChI is InChI=1S/C14H16O2S/c1-11-4-2-5-13(8-11)16-10-12(15)9-14-6-3-7-17-14/h2-8,12,15H,9-10H2,1H3. The molecule has 1 atom stereocenters. The average Bonchev–Trinajstić information content (AvgIpc) is 2.79. The fraction of sp³-hybridized carbons (Fsp3) is 0.286. The average molecular weight is 248 g/mol. The van der Waals surface area contributed by atoms with Crippen LogP contribution in [0.15, 0.2) is 41.8 Å². The third-order valence-electron chi connectivity index (χ3n) is 2.45. The van der Waals surface area contributed by atoms with E-state index in [2.05, 4.69) is 0 Å². The predicted molar refractivity (Wildman–Crippen MR) is 70.7 cm³/mol. The third-order valence-corrected chi connectivity index (χ3v) is 3.35. The van der Waals surface area contributed by atoms with Crippen LogP contribution in [0.3, 0.4) is 0 Å². The van der Waals surface area contributed by atoms with Crippen molar-refractivity contribution in [2.45, 2.75) is 19.4 Å². The zero-order valence-electron chi connectivity index (χ0n) is 9.80. The normalized spacial score (nSPS) is 12.4. The van der Waals surface area contributed by atoms with Gasteiger partial charge in [0.15, 0.2) is 0 Å². The molecule has 17 heavy (non-hydrogen) atoms. The van der Waals surface area contributed by atoms with Crippen molar-refractivity contribution in [1.29, 1.82) is 0 Å². The second-order valence-electron chi connectivity index (χ2n) is 4.06. The summed E-state index contributed by atoms with van der Waals surface area (Å²) >= 11 is 1.66. The molecule has 0 aliphatic heterocycles. The summed E-state index contributed by atoms with van der Waals surface area (Å²) in [5.74, 6) is 0.815. The summed E-state index contributed by atoms with van der Waals surface area (Å²) in [6, 6.07) is 11.9. The van der Waals surface area contributed by atoms with E-state index in [4.69, 9.17) is 4.74 Å². The maximum absolute atomic E-state index is 9.83. The molecule has 0 saturated carbocycles. The van der Waals surface area contributed by atoms with Crippen molar-refractivity contribution >= 4 is 11.3 Å². The van der Waals surface area contributed by atoms with Gasteiger partial charge in [-0.3, -0.25) is 0 Å². The van der Waals surface area contributed by atoms with Crippen LogP contribution in [-0.2, 0) is 6.42 Å². The number of hydrogen-bond acceptors (Lipinski definition) is 3. The Hall–Kier alpha value is -1.32. The number of thiophene rings is 1. The molecule has 3 heteroatoms. The van der Waals surface area contributed by atoms with E-state index < -0.39 is 6.10 Å². The molecule has 0 aliphatic rings. The van der Waals surface area contributed by atoms with Crippen LogP contribution in [0.2, 0.25) is 0 Å². The molecule has 1 heterocycles. The van der Waals surface area contributed by atoms with Crippen LogP contribution in [-0.4, -0.2) is 17.8 Å². The Morgan fingerprint density at radius 2 is 2.18 bits per heavy atom. The highest BCUT2D eigenvalue weighted by atomic mass is 32.1. The van der Waals surface area contributed by atoms with Crippen molar-refractivity contribution in [2.24, 2.45) is 0 Å². The Balaban J connectivity index is 1.82. The molecular formula is C14H16O2S. The fourth-order valence-electron chi connectivity index (χ4n) is 1.62. The van der Waals surface area contributed by atoms with Crippen molar-refractivity contribution in [3.63, 3.8) is 0 Å². The number of benzene rings is 1. The van der Waals surface area contributed by atoms with Crippen LogP contribution in [0, 0.1) is 6.92 Å². The highest BCUT2D eigenvalue weighted by Crippen LogP contribution is 2.14. The summed E-state index contributed by atoms with van der Waals surface area (Å²) in [6.45, 7) is 2.36. The first kappa shape index (κ1) is 12.1. The molecule has 0 radical (unpaired) electrons. The molecule has 2 aromatic rings. The Bertz CT molecular complexity index is 451. The SMILES string of the molecule is Cc1cccc(OCC(O)Cc2cccs2)c1. The molecule has 1 aromatic carbocycles. The Labute approximate surface area is 105 Å². The maximum Gasteiger partial charge on any atom is 0.119 e. The smallest absolute Gasteiger partial charge is 0.119 e. The first-order chi connectivity index (χ1) is 8.24. The van der Waals surface area contributed by atoms with E-state index >= 15 is 0 Å². The molecule has 0 saturated heterocycles. The van der Waals surface area contributed by atoms with E-state index in [9.17, 15) is 5.11 Å². The van der Waals surface area contributed by atoms with Gasteiger partial charge in [0.25, 0.3) is 0 Å². The molecule has 1 N–H and O–H groups in total. The number of aliphatic hydroxyl groups excluding tert-OH is 1. The lowest BCUT2D eigenvalue weighted by Gasteiger charge is -2.11. The third kappa shape index (κ3) is 3.88. The highest BCUT2D eigenvalue weighted by Gasteiger charge is 2.07. The second-order valence-corrected chi connectivity index (χ2v) is 5.10. The Kier molecular flexibility index (Phi) is 4.18. The fourth-order valence-corrected chi connectivity index (χ4v) is 2.40. The summed E-state index contributed by atoms with van der Waals surface area (Å²) < 4.78 is 5.55. The van der Waals surface area contributed by atoms with Gasteiger partial charge in [0.1, 0.15) is 12.4 Å². The van der Waals surface area contributed by atoms with E-state index in [1.54, 1.807) is 11.3 Å². The van der Waals surface area contributed by atoms with Gasteiger partial charge in [-0.05, 0) is 36.1 Å². The van der Waals surface area contributed by atoms with Gasteiger partial charge < -0.3 is 9.84 Å². The molecule has 0 aliphatic carbocycles. The lowest BCUT2D eigenvalue weighted by Crippen LogP contribution is -2.19. The van der Waals surface area contributed by atoms with E-state index in [-0.39, 0.29) is 0 Å². The molecule has 0 fully saturated rings. The minimum atomic E-state index is -0.450. The zero-order chi connectivity index (χ0) is 12.1. The van der Waals surface area contributed by atoms with Crippen molar-refractivity contribution in [3.8, 4) is 5.75 Å². The molecule has 2 rings (SSSR count). The number of ether oxygens (including phenoxy) is 1. The first-order valence-electron chi connectivity index (χ1n) is 5.64. The summed E-state index contributed by atoms with van der Waals surface area (Å²) in [5.41, 5.74) is 1.16. The Morgan fingerprint density at radius 3 is 2.88 bits per heavy atom. The van der Waals surface area contributed by atoms with E-state index in [0.29, 0.717) is 13.0 Å². The van der Waals surface area contributed by atoms with Gasteiger partial charge in [-0.25, -0.2) is 0 Å². The highest BCUT2D eigenvalue weighted by molar-refractivity contribution is 7.09. The van der Waals surface area contributed by atoms with E-state index in [1.165, 1.54) is 4.88 Å². The number of aryl methyl sites for hydroxylation is 1. The zero-order valence-corrected chi connectivity index (χ0v) is 10.6. The molecule has 0 spiro atoms. The van der Waals surface area contributed by atoms with Crippen molar-refractivity contribution < 1.29 is 9.84 Å². The van der Waals surface area contributed by atoms with Gasteiger partial charge in [-0.15, -0.1) is 11.3 Å². The van der Waals surface area contributed by atoms with Gasteiger partial charge in [0.2, 0.25) is 0 Å². The molecule has 1 unspecified atom stereocenters. The van der Waals surface area contributed by atoms with E-state index in [1.807, 2.05) is 48.7 Å². The molecule has 90 valence electrons. The lowest BCUT2D eigenvalue weighted by molar-refractivity contribution is 0.108. The number of rotatable bonds is 5. The number of hydrogen-bond donors (Lipinski definition) is 1. The van der Waals surface area contributed by atoms with Gasteiger partial charge in [-0.2, -0.15) is 0 Å². The second kappa shape index (κ2) is 5.84. The van der Waals surface area contributed by atoms with Crippen molar-refractivity contribution in [2.75, 3.05) is 6.61 Å². The summed E-state index contributed by atoms with van der Waals surface area (Å²) in [4.78, 5) is 1.19. The van der Waals surface area contributed by atoms with Crippen molar-refractivity contribution in [3.05, 3.63) is 52.2 Å². The maximum atomic E-state index is 9.83. The van der Waals surface area contributed by atoms with E-state index in [0.717, 1.165) is 11.3 Å².